The number of sulfone groups is 1. The molecule has 0 radical (unpaired) electrons. The molecule has 1 fully saturated rings. The number of rotatable bonds is 8. The lowest BCUT2D eigenvalue weighted by Crippen LogP contribution is -2.43. The minimum atomic E-state index is -3.05. The number of carbonyl (C=O) groups excluding carboxylic acids is 2. The predicted molar refractivity (Wildman–Crippen MR) is 96.9 cm³/mol. The van der Waals surface area contributed by atoms with Crippen molar-refractivity contribution in [1.82, 2.24) is 5.32 Å². The molecule has 1 heterocycles. The minimum absolute atomic E-state index is 0.0275. The zero-order valence-electron chi connectivity index (χ0n) is 15.1. The van der Waals surface area contributed by atoms with Gasteiger partial charge < -0.3 is 14.8 Å². The summed E-state index contributed by atoms with van der Waals surface area (Å²) in [5.41, 5.74) is 0.418. The molecule has 0 saturated carbocycles. The van der Waals surface area contributed by atoms with Crippen LogP contribution in [0.25, 0.3) is 0 Å². The average Bonchev–Trinajstić information content (AvgIpc) is 2.94. The lowest BCUT2D eigenvalue weighted by molar-refractivity contribution is -0.127. The molecule has 0 unspecified atom stereocenters. The molecule has 0 aromatic heterocycles. The Kier molecular flexibility index (Phi) is 7.02. The van der Waals surface area contributed by atoms with Gasteiger partial charge in [-0.1, -0.05) is 13.3 Å². The van der Waals surface area contributed by atoms with Gasteiger partial charge in [-0.2, -0.15) is 0 Å². The molecule has 8 heteroatoms. The second kappa shape index (κ2) is 9.02. The summed E-state index contributed by atoms with van der Waals surface area (Å²) in [5, 5.41) is 2.70. The molecule has 0 spiro atoms. The Labute approximate surface area is 154 Å². The van der Waals surface area contributed by atoms with Crippen molar-refractivity contribution in [1.29, 1.82) is 0 Å². The SMILES string of the molecule is CCCCOC(=O)c1ccc(O[C@@H](C)C(=O)N[C@H]2CCS(=O)(=O)C2)cc1. The Morgan fingerprint density at radius 3 is 2.54 bits per heavy atom. The Bertz CT molecular complexity index is 729. The first-order chi connectivity index (χ1) is 12.3. The van der Waals surface area contributed by atoms with E-state index >= 15 is 0 Å². The molecule has 26 heavy (non-hydrogen) atoms. The monoisotopic (exact) mass is 383 g/mol. The number of nitrogens with one attached hydrogen (secondary N) is 1. The largest absolute Gasteiger partial charge is 0.481 e. The van der Waals surface area contributed by atoms with Gasteiger partial charge in [-0.3, -0.25) is 4.79 Å². The Balaban J connectivity index is 1.83. The molecule has 1 aromatic rings. The predicted octanol–water partition coefficient (Wildman–Crippen LogP) is 1.71. The van der Waals surface area contributed by atoms with Crippen LogP contribution in [0.3, 0.4) is 0 Å². The molecule has 1 saturated heterocycles. The molecule has 1 aliphatic heterocycles. The molecule has 7 nitrogen and oxygen atoms in total. The van der Waals surface area contributed by atoms with Crippen molar-refractivity contribution in [3.63, 3.8) is 0 Å². The van der Waals surface area contributed by atoms with Gasteiger partial charge in [0.05, 0.1) is 23.7 Å². The Hall–Kier alpha value is -2.09. The first kappa shape index (κ1) is 20.2. The third-order valence-corrected chi connectivity index (χ3v) is 5.85. The first-order valence-corrected chi connectivity index (χ1v) is 10.6. The van der Waals surface area contributed by atoms with E-state index in [0.717, 1.165) is 12.8 Å². The van der Waals surface area contributed by atoms with Gasteiger partial charge in [0.1, 0.15) is 5.75 Å². The summed E-state index contributed by atoms with van der Waals surface area (Å²) < 4.78 is 33.5. The highest BCUT2D eigenvalue weighted by atomic mass is 32.2. The van der Waals surface area contributed by atoms with Crippen LogP contribution in [0.1, 0.15) is 43.5 Å². The first-order valence-electron chi connectivity index (χ1n) is 8.75. The summed E-state index contributed by atoms with van der Waals surface area (Å²) in [6, 6.07) is 5.99. The number of amides is 1. The second-order valence-corrected chi connectivity index (χ2v) is 8.61. The van der Waals surface area contributed by atoms with E-state index in [1.165, 1.54) is 0 Å². The summed E-state index contributed by atoms with van der Waals surface area (Å²) in [6.07, 6.45) is 1.42. The fourth-order valence-electron chi connectivity index (χ4n) is 2.55. The summed E-state index contributed by atoms with van der Waals surface area (Å²) in [4.78, 5) is 24.0. The van der Waals surface area contributed by atoms with Gasteiger partial charge in [0, 0.05) is 6.04 Å². The Morgan fingerprint density at radius 2 is 1.96 bits per heavy atom. The topological polar surface area (TPSA) is 98.8 Å². The molecule has 2 rings (SSSR count). The van der Waals surface area contributed by atoms with Crippen LogP contribution in [0, 0.1) is 0 Å². The van der Waals surface area contributed by atoms with E-state index < -0.39 is 21.9 Å². The number of carbonyl (C=O) groups is 2. The normalized spacial score (nSPS) is 19.5. The number of ether oxygens (including phenoxy) is 2. The maximum Gasteiger partial charge on any atom is 0.338 e. The van der Waals surface area contributed by atoms with Crippen LogP contribution in [0.4, 0.5) is 0 Å². The lowest BCUT2D eigenvalue weighted by Gasteiger charge is -2.17. The van der Waals surface area contributed by atoms with E-state index in [-0.39, 0.29) is 23.5 Å². The van der Waals surface area contributed by atoms with E-state index in [1.807, 2.05) is 6.92 Å². The highest BCUT2D eigenvalue weighted by Crippen LogP contribution is 2.16. The van der Waals surface area contributed by atoms with Crippen molar-refractivity contribution in [2.45, 2.75) is 45.3 Å². The van der Waals surface area contributed by atoms with Gasteiger partial charge in [0.2, 0.25) is 0 Å². The smallest absolute Gasteiger partial charge is 0.338 e. The van der Waals surface area contributed by atoms with Gasteiger partial charge in [0.15, 0.2) is 15.9 Å². The van der Waals surface area contributed by atoms with Gasteiger partial charge in [-0.05, 0) is 44.0 Å². The highest BCUT2D eigenvalue weighted by molar-refractivity contribution is 7.91. The van der Waals surface area contributed by atoms with E-state index in [4.69, 9.17) is 9.47 Å². The molecule has 0 aliphatic carbocycles. The quantitative estimate of drug-likeness (QED) is 0.542. The van der Waals surface area contributed by atoms with Crippen LogP contribution in [0.5, 0.6) is 5.75 Å². The average molecular weight is 383 g/mol. The van der Waals surface area contributed by atoms with Crippen LogP contribution in [0.2, 0.25) is 0 Å². The van der Waals surface area contributed by atoms with Crippen molar-refractivity contribution in [2.24, 2.45) is 0 Å². The summed E-state index contributed by atoms with van der Waals surface area (Å²) >= 11 is 0. The van der Waals surface area contributed by atoms with E-state index in [2.05, 4.69) is 5.32 Å². The summed E-state index contributed by atoms with van der Waals surface area (Å²) in [5.74, 6) is -0.242. The van der Waals surface area contributed by atoms with Crippen molar-refractivity contribution < 1.29 is 27.5 Å². The molecule has 1 aliphatic rings. The summed E-state index contributed by atoms with van der Waals surface area (Å²) in [7, 11) is -3.05. The number of benzene rings is 1. The van der Waals surface area contributed by atoms with Crippen molar-refractivity contribution in [3.8, 4) is 5.75 Å². The van der Waals surface area contributed by atoms with Crippen molar-refractivity contribution in [3.05, 3.63) is 29.8 Å². The van der Waals surface area contributed by atoms with E-state index in [9.17, 15) is 18.0 Å². The van der Waals surface area contributed by atoms with Crippen LogP contribution in [-0.2, 0) is 19.4 Å². The molecular weight excluding hydrogens is 358 g/mol. The van der Waals surface area contributed by atoms with Gasteiger partial charge in [-0.25, -0.2) is 13.2 Å². The van der Waals surface area contributed by atoms with Gasteiger partial charge in [-0.15, -0.1) is 0 Å². The van der Waals surface area contributed by atoms with E-state index in [1.54, 1.807) is 31.2 Å². The number of hydrogen-bond acceptors (Lipinski definition) is 6. The highest BCUT2D eigenvalue weighted by Gasteiger charge is 2.30. The maximum atomic E-state index is 12.1. The van der Waals surface area contributed by atoms with Crippen LogP contribution in [-0.4, -0.2) is 50.6 Å². The fourth-order valence-corrected chi connectivity index (χ4v) is 4.22. The second-order valence-electron chi connectivity index (χ2n) is 6.38. The van der Waals surface area contributed by atoms with Gasteiger partial charge in [0.25, 0.3) is 5.91 Å². The van der Waals surface area contributed by atoms with Gasteiger partial charge >= 0.3 is 5.97 Å². The zero-order valence-corrected chi connectivity index (χ0v) is 15.9. The molecule has 1 amide bonds. The fraction of sp³-hybridized carbons (Fsp3) is 0.556. The van der Waals surface area contributed by atoms with Crippen LogP contribution in [0.15, 0.2) is 24.3 Å². The molecule has 1 aromatic carbocycles. The summed E-state index contributed by atoms with van der Waals surface area (Å²) in [6.45, 7) is 4.00. The number of esters is 1. The minimum Gasteiger partial charge on any atom is -0.481 e. The molecule has 1 N–H and O–H groups in total. The number of unbranched alkanes of at least 4 members (excludes halogenated alkanes) is 1. The standard InChI is InChI=1S/C18H25NO6S/c1-3-4-10-24-18(21)14-5-7-16(8-6-14)25-13(2)17(20)19-15-9-11-26(22,23)12-15/h5-8,13,15H,3-4,9-12H2,1-2H3,(H,19,20)/t13-,15-/m0/s1. The maximum absolute atomic E-state index is 12.1. The van der Waals surface area contributed by atoms with E-state index in [0.29, 0.717) is 24.3 Å². The molecule has 2 atom stereocenters. The van der Waals surface area contributed by atoms with Crippen molar-refractivity contribution in [2.75, 3.05) is 18.1 Å². The third-order valence-electron chi connectivity index (χ3n) is 4.08. The van der Waals surface area contributed by atoms with Crippen molar-refractivity contribution >= 4 is 21.7 Å². The third kappa shape index (κ3) is 6.01. The van der Waals surface area contributed by atoms with Crippen LogP contribution < -0.4 is 10.1 Å². The molecule has 0 bridgehead atoms. The zero-order chi connectivity index (χ0) is 19.2. The lowest BCUT2D eigenvalue weighted by atomic mass is 10.2. The number of hydrogen-bond donors (Lipinski definition) is 1. The van der Waals surface area contributed by atoms with Crippen LogP contribution >= 0.6 is 0 Å². The molecule has 144 valence electrons. The molecular formula is C18H25NO6S. The Morgan fingerprint density at radius 1 is 1.27 bits per heavy atom.